The molecule has 0 saturated carbocycles. The van der Waals surface area contributed by atoms with Crippen molar-refractivity contribution >= 4 is 22.7 Å². The van der Waals surface area contributed by atoms with Gasteiger partial charge in [0.15, 0.2) is 5.78 Å². The predicted molar refractivity (Wildman–Crippen MR) is 89.5 cm³/mol. The summed E-state index contributed by atoms with van der Waals surface area (Å²) in [5, 5.41) is 4.20. The normalized spacial score (nSPS) is 10.7. The first kappa shape index (κ1) is 17.4. The summed E-state index contributed by atoms with van der Waals surface area (Å²) >= 11 is 0. The van der Waals surface area contributed by atoms with E-state index in [0.717, 1.165) is 0 Å². The van der Waals surface area contributed by atoms with Gasteiger partial charge in [-0.2, -0.15) is 0 Å². The van der Waals surface area contributed by atoms with Crippen molar-refractivity contribution in [2.75, 3.05) is 7.11 Å². The standard InChI is InChI=1S/C18H15NO7/c1-10(20)14-7-11-3-4-12(8-15(11)25-18(14)22)24-17(21)6-5-13-9-16(23-2)19-26-13/h3-4,7-9H,5-6H2,1-2H3. The van der Waals surface area contributed by atoms with E-state index < -0.39 is 11.6 Å². The Kier molecular flexibility index (Phi) is 4.83. The number of benzene rings is 1. The third kappa shape index (κ3) is 3.80. The van der Waals surface area contributed by atoms with E-state index in [1.165, 1.54) is 26.2 Å². The number of carbonyl (C=O) groups is 2. The summed E-state index contributed by atoms with van der Waals surface area (Å²) in [6.45, 7) is 1.29. The summed E-state index contributed by atoms with van der Waals surface area (Å²) in [5.74, 6) is 0.210. The van der Waals surface area contributed by atoms with E-state index in [1.54, 1.807) is 18.2 Å². The molecule has 8 heteroatoms. The Balaban J connectivity index is 1.70. The average molecular weight is 357 g/mol. The molecule has 0 atom stereocenters. The number of ether oxygens (including phenoxy) is 2. The number of esters is 1. The van der Waals surface area contributed by atoms with Gasteiger partial charge in [-0.1, -0.05) is 0 Å². The lowest BCUT2D eigenvalue weighted by atomic mass is 10.1. The third-order valence-corrected chi connectivity index (χ3v) is 3.64. The van der Waals surface area contributed by atoms with Crippen molar-refractivity contribution in [2.45, 2.75) is 19.8 Å². The SMILES string of the molecule is COc1cc(CCC(=O)Oc2ccc3cc(C(C)=O)c(=O)oc3c2)on1. The van der Waals surface area contributed by atoms with Crippen LogP contribution in [-0.4, -0.2) is 24.0 Å². The van der Waals surface area contributed by atoms with Crippen LogP contribution in [-0.2, 0) is 11.2 Å². The molecule has 0 radical (unpaired) electrons. The molecule has 0 bridgehead atoms. The Morgan fingerprint density at radius 3 is 2.69 bits per heavy atom. The minimum Gasteiger partial charge on any atom is -0.479 e. The Morgan fingerprint density at radius 2 is 2.00 bits per heavy atom. The van der Waals surface area contributed by atoms with Crippen molar-refractivity contribution in [3.05, 3.63) is 52.1 Å². The monoisotopic (exact) mass is 357 g/mol. The Labute approximate surface area is 147 Å². The van der Waals surface area contributed by atoms with Crippen LogP contribution in [0.3, 0.4) is 0 Å². The molecule has 2 heterocycles. The fourth-order valence-corrected chi connectivity index (χ4v) is 2.32. The number of ketones is 1. The molecule has 26 heavy (non-hydrogen) atoms. The largest absolute Gasteiger partial charge is 0.479 e. The minimum absolute atomic E-state index is 0.0234. The van der Waals surface area contributed by atoms with Crippen molar-refractivity contribution in [3.8, 4) is 11.6 Å². The third-order valence-electron chi connectivity index (χ3n) is 3.64. The fourth-order valence-electron chi connectivity index (χ4n) is 2.32. The predicted octanol–water partition coefficient (Wildman–Crippen LogP) is 2.53. The van der Waals surface area contributed by atoms with Gasteiger partial charge in [0, 0.05) is 23.9 Å². The summed E-state index contributed by atoms with van der Waals surface area (Å²) in [5.41, 5.74) is -0.525. The van der Waals surface area contributed by atoms with Crippen molar-refractivity contribution in [1.82, 2.24) is 5.16 Å². The van der Waals surface area contributed by atoms with Crippen molar-refractivity contribution in [1.29, 1.82) is 0 Å². The van der Waals surface area contributed by atoms with Crippen LogP contribution >= 0.6 is 0 Å². The van der Waals surface area contributed by atoms with Crippen LogP contribution in [0, 0.1) is 0 Å². The van der Waals surface area contributed by atoms with Crippen molar-refractivity contribution in [2.24, 2.45) is 0 Å². The lowest BCUT2D eigenvalue weighted by Crippen LogP contribution is -2.11. The number of aromatic nitrogens is 1. The molecular formula is C18H15NO7. The molecular weight excluding hydrogens is 342 g/mol. The summed E-state index contributed by atoms with van der Waals surface area (Å²) in [6, 6.07) is 7.63. The summed E-state index contributed by atoms with van der Waals surface area (Å²) in [4.78, 5) is 35.1. The molecule has 2 aromatic heterocycles. The lowest BCUT2D eigenvalue weighted by Gasteiger charge is -2.05. The molecule has 0 fully saturated rings. The first-order chi connectivity index (χ1) is 12.5. The number of aryl methyl sites for hydroxylation is 1. The lowest BCUT2D eigenvalue weighted by molar-refractivity contribution is -0.134. The molecule has 0 aliphatic heterocycles. The zero-order chi connectivity index (χ0) is 18.7. The van der Waals surface area contributed by atoms with Gasteiger partial charge in [0.25, 0.3) is 5.88 Å². The highest BCUT2D eigenvalue weighted by atomic mass is 16.5. The van der Waals surface area contributed by atoms with Gasteiger partial charge in [-0.05, 0) is 30.3 Å². The van der Waals surface area contributed by atoms with E-state index in [-0.39, 0.29) is 29.1 Å². The van der Waals surface area contributed by atoms with Crippen LogP contribution in [0.15, 0.2) is 44.1 Å². The summed E-state index contributed by atoms with van der Waals surface area (Å²) in [6.07, 6.45) is 0.378. The van der Waals surface area contributed by atoms with Crippen LogP contribution in [0.4, 0.5) is 0 Å². The molecule has 0 unspecified atom stereocenters. The Morgan fingerprint density at radius 1 is 1.19 bits per heavy atom. The second kappa shape index (κ2) is 7.22. The quantitative estimate of drug-likeness (QED) is 0.286. The first-order valence-electron chi connectivity index (χ1n) is 7.75. The smallest absolute Gasteiger partial charge is 0.347 e. The summed E-state index contributed by atoms with van der Waals surface area (Å²) < 4.78 is 20.2. The summed E-state index contributed by atoms with van der Waals surface area (Å²) in [7, 11) is 1.47. The maximum Gasteiger partial charge on any atom is 0.347 e. The second-order valence-electron chi connectivity index (χ2n) is 5.51. The van der Waals surface area contributed by atoms with E-state index in [9.17, 15) is 14.4 Å². The zero-order valence-electron chi connectivity index (χ0n) is 14.1. The highest BCUT2D eigenvalue weighted by Crippen LogP contribution is 2.21. The van der Waals surface area contributed by atoms with Gasteiger partial charge >= 0.3 is 11.6 Å². The van der Waals surface area contributed by atoms with Gasteiger partial charge in [-0.15, -0.1) is 0 Å². The van der Waals surface area contributed by atoms with E-state index in [4.69, 9.17) is 18.4 Å². The van der Waals surface area contributed by atoms with Gasteiger partial charge in [0.1, 0.15) is 22.7 Å². The minimum atomic E-state index is -0.729. The first-order valence-corrected chi connectivity index (χ1v) is 7.75. The Bertz CT molecular complexity index is 1030. The molecule has 3 aromatic rings. The molecule has 0 amide bonds. The highest BCUT2D eigenvalue weighted by Gasteiger charge is 2.12. The number of rotatable bonds is 6. The van der Waals surface area contributed by atoms with Gasteiger partial charge in [0.2, 0.25) is 0 Å². The number of hydrogen-bond donors (Lipinski definition) is 0. The number of nitrogens with zero attached hydrogens (tertiary/aromatic N) is 1. The number of carbonyl (C=O) groups excluding carboxylic acids is 2. The van der Waals surface area contributed by atoms with E-state index >= 15 is 0 Å². The molecule has 1 aromatic carbocycles. The number of hydrogen-bond acceptors (Lipinski definition) is 8. The van der Waals surface area contributed by atoms with Gasteiger partial charge in [-0.3, -0.25) is 9.59 Å². The molecule has 0 aliphatic rings. The topological polar surface area (TPSA) is 109 Å². The highest BCUT2D eigenvalue weighted by molar-refractivity contribution is 5.96. The molecule has 0 N–H and O–H groups in total. The molecule has 0 saturated heterocycles. The van der Waals surface area contributed by atoms with Crippen LogP contribution in [0.25, 0.3) is 11.0 Å². The molecule has 8 nitrogen and oxygen atoms in total. The van der Waals surface area contributed by atoms with E-state index in [2.05, 4.69) is 5.16 Å². The molecule has 0 spiro atoms. The number of Topliss-reactive ketones (excluding diaryl/α,β-unsaturated/α-hetero) is 1. The van der Waals surface area contributed by atoms with Gasteiger partial charge < -0.3 is 18.4 Å². The fraction of sp³-hybridized carbons (Fsp3) is 0.222. The molecule has 3 rings (SSSR count). The van der Waals surface area contributed by atoms with Crippen LogP contribution in [0.1, 0.15) is 29.5 Å². The molecule has 134 valence electrons. The van der Waals surface area contributed by atoms with Crippen LogP contribution in [0.5, 0.6) is 11.6 Å². The van der Waals surface area contributed by atoms with Crippen LogP contribution in [0.2, 0.25) is 0 Å². The second-order valence-corrected chi connectivity index (χ2v) is 5.51. The number of methoxy groups -OCH3 is 1. The van der Waals surface area contributed by atoms with Gasteiger partial charge in [-0.25, -0.2) is 4.79 Å². The molecule has 0 aliphatic carbocycles. The van der Waals surface area contributed by atoms with Gasteiger partial charge in [0.05, 0.1) is 13.5 Å². The number of fused-ring (bicyclic) bond motifs is 1. The van der Waals surface area contributed by atoms with Crippen molar-refractivity contribution in [3.63, 3.8) is 0 Å². The Hall–Kier alpha value is -3.42. The van der Waals surface area contributed by atoms with Crippen LogP contribution < -0.4 is 15.1 Å². The van der Waals surface area contributed by atoms with Crippen molar-refractivity contribution < 1.29 is 28.0 Å². The average Bonchev–Trinajstić information content (AvgIpc) is 3.07. The maximum absolute atomic E-state index is 12.0. The van der Waals surface area contributed by atoms with E-state index in [0.29, 0.717) is 23.4 Å². The van der Waals surface area contributed by atoms with E-state index in [1.807, 2.05) is 0 Å². The maximum atomic E-state index is 12.0. The zero-order valence-corrected chi connectivity index (χ0v) is 14.1.